The minimum atomic E-state index is -5.12. The number of nitrogens with zero attached hydrogens (tertiary/aromatic N) is 4. The molecule has 2 atom stereocenters. The van der Waals surface area contributed by atoms with Crippen molar-refractivity contribution in [3.05, 3.63) is 83.6 Å². The first-order valence-corrected chi connectivity index (χ1v) is 22.4. The standard InChI is InChI=1S/C34H32N6O16S4/c1-55-25-9-15(3-5-23(25)37-39-31-27(59(49,50)51)11-17-7-19(57(43,44)45)13-21(35)29(17)33(31)41)16-4-6-24(26(10-16)56-2)38-40-32-28(60(52,53)54)12-18-8-20(58(46,47)48)14-22(36)30(18)34(32)42/h5-16,41-42H,3-4,35-36H2,1-2H3,(H,43,44,45)(H,46,47,48)(H,49,50,51)(H,52,53,54). The summed E-state index contributed by atoms with van der Waals surface area (Å²) in [6.07, 6.45) is 7.13. The van der Waals surface area contributed by atoms with E-state index in [1.54, 1.807) is 24.3 Å². The van der Waals surface area contributed by atoms with Gasteiger partial charge in [-0.2, -0.15) is 33.7 Å². The predicted molar refractivity (Wildman–Crippen MR) is 211 cm³/mol. The third-order valence-corrected chi connectivity index (χ3v) is 12.8. The topological polar surface area (TPSA) is 378 Å². The monoisotopic (exact) mass is 908 g/mol. The van der Waals surface area contributed by atoms with E-state index in [2.05, 4.69) is 20.5 Å². The molecule has 0 bridgehead atoms. The van der Waals surface area contributed by atoms with Crippen LogP contribution in [0.15, 0.2) is 124 Å². The molecular formula is C34H32N6O16S4. The van der Waals surface area contributed by atoms with E-state index in [0.29, 0.717) is 0 Å². The number of rotatable bonds is 11. The highest BCUT2D eigenvalue weighted by Crippen LogP contribution is 2.46. The molecule has 0 amide bonds. The van der Waals surface area contributed by atoms with Gasteiger partial charge in [-0.25, -0.2) is 0 Å². The lowest BCUT2D eigenvalue weighted by atomic mass is 9.81. The predicted octanol–water partition coefficient (Wildman–Crippen LogP) is 5.29. The average Bonchev–Trinajstić information content (AvgIpc) is 3.14. The lowest BCUT2D eigenvalue weighted by molar-refractivity contribution is 0.277. The fraction of sp³-hybridized carbons (Fsp3) is 0.176. The molecule has 2 aliphatic carbocycles. The Hall–Kier alpha value is -6.00. The van der Waals surface area contributed by atoms with Gasteiger partial charge in [0.2, 0.25) is 0 Å². The molecule has 0 fully saturated rings. The molecule has 318 valence electrons. The zero-order valence-electron chi connectivity index (χ0n) is 30.7. The first kappa shape index (κ1) is 43.6. The Morgan fingerprint density at radius 1 is 0.550 bits per heavy atom. The lowest BCUT2D eigenvalue weighted by Crippen LogP contribution is -2.17. The van der Waals surface area contributed by atoms with Crippen LogP contribution >= 0.6 is 0 Å². The van der Waals surface area contributed by atoms with Crippen LogP contribution in [0.5, 0.6) is 11.5 Å². The lowest BCUT2D eigenvalue weighted by Gasteiger charge is -2.27. The number of ether oxygens (including phenoxy) is 2. The number of fused-ring (bicyclic) bond motifs is 2. The SMILES string of the molecule is COC1=CC(C2C=C(OC)C(N=Nc3c(S(=O)(=O)O)cc4cc(S(=O)(=O)O)cc(N)c4c3O)=CC2)CC=C1N=Nc1c(S(=O)(=O)O)cc2cc(S(=O)(=O)O)cc(N)c2c1O. The number of hydrogen-bond acceptors (Lipinski definition) is 18. The molecule has 0 aromatic heterocycles. The Kier molecular flexibility index (Phi) is 11.3. The normalized spacial score (nSPS) is 18.1. The van der Waals surface area contributed by atoms with Gasteiger partial charge in [0.15, 0.2) is 11.5 Å². The smallest absolute Gasteiger partial charge is 0.296 e. The van der Waals surface area contributed by atoms with Crippen LogP contribution in [0.2, 0.25) is 0 Å². The Bertz CT molecular complexity index is 2960. The van der Waals surface area contributed by atoms with Crippen LogP contribution in [0, 0.1) is 11.8 Å². The molecule has 6 rings (SSSR count). The maximum atomic E-state index is 12.3. The summed E-state index contributed by atoms with van der Waals surface area (Å²) in [5.41, 5.74) is 9.81. The number of methoxy groups -OCH3 is 2. The largest absolute Gasteiger partial charge is 0.505 e. The summed E-state index contributed by atoms with van der Waals surface area (Å²) in [5.74, 6) is -2.02. The van der Waals surface area contributed by atoms with Gasteiger partial charge in [-0.3, -0.25) is 18.2 Å². The molecule has 60 heavy (non-hydrogen) atoms. The van der Waals surface area contributed by atoms with Crippen molar-refractivity contribution in [3.8, 4) is 11.5 Å². The van der Waals surface area contributed by atoms with E-state index < -0.39 is 82.9 Å². The summed E-state index contributed by atoms with van der Waals surface area (Å²) >= 11 is 0. The van der Waals surface area contributed by atoms with Gasteiger partial charge in [-0.1, -0.05) is 12.2 Å². The van der Waals surface area contributed by atoms with E-state index in [1.807, 2.05) is 0 Å². The Morgan fingerprint density at radius 3 is 1.20 bits per heavy atom. The zero-order chi connectivity index (χ0) is 44.3. The average molecular weight is 909 g/mol. The molecule has 4 aromatic rings. The van der Waals surface area contributed by atoms with Gasteiger partial charge < -0.3 is 31.2 Å². The molecule has 0 spiro atoms. The van der Waals surface area contributed by atoms with Crippen LogP contribution in [-0.2, 0) is 49.9 Å². The van der Waals surface area contributed by atoms with Crippen molar-refractivity contribution in [1.29, 1.82) is 0 Å². The van der Waals surface area contributed by atoms with E-state index >= 15 is 0 Å². The maximum Gasteiger partial charge on any atom is 0.296 e. The van der Waals surface area contributed by atoms with Crippen LogP contribution in [0.25, 0.3) is 21.5 Å². The van der Waals surface area contributed by atoms with E-state index in [4.69, 9.17) is 20.9 Å². The minimum Gasteiger partial charge on any atom is -0.505 e. The minimum absolute atomic E-state index is 0.0840. The van der Waals surface area contributed by atoms with Gasteiger partial charge >= 0.3 is 0 Å². The Morgan fingerprint density at radius 2 is 0.900 bits per heavy atom. The number of hydrogen-bond donors (Lipinski definition) is 8. The van der Waals surface area contributed by atoms with E-state index in [-0.39, 0.29) is 80.5 Å². The molecule has 0 saturated heterocycles. The maximum absolute atomic E-state index is 12.3. The molecule has 26 heteroatoms. The molecule has 0 heterocycles. The van der Waals surface area contributed by atoms with Crippen molar-refractivity contribution < 1.29 is 71.6 Å². The van der Waals surface area contributed by atoms with Crippen LogP contribution in [0.3, 0.4) is 0 Å². The second-order valence-corrected chi connectivity index (χ2v) is 18.7. The van der Waals surface area contributed by atoms with Crippen LogP contribution < -0.4 is 11.5 Å². The number of nitrogen functional groups attached to an aromatic ring is 2. The third-order valence-electron chi connectivity index (χ3n) is 9.37. The summed E-state index contributed by atoms with van der Waals surface area (Å²) in [4.78, 5) is -3.32. The summed E-state index contributed by atoms with van der Waals surface area (Å²) in [7, 11) is -17.2. The van der Waals surface area contributed by atoms with Crippen molar-refractivity contribution in [2.75, 3.05) is 25.7 Å². The summed E-state index contributed by atoms with van der Waals surface area (Å²) in [6, 6.07) is 4.92. The molecule has 22 nitrogen and oxygen atoms in total. The number of azo groups is 2. The molecule has 0 saturated carbocycles. The second kappa shape index (κ2) is 15.6. The molecular weight excluding hydrogens is 877 g/mol. The number of nitrogens with two attached hydrogens (primary N) is 2. The molecule has 0 aliphatic heterocycles. The Balaban J connectivity index is 1.29. The highest BCUT2D eigenvalue weighted by atomic mass is 32.2. The van der Waals surface area contributed by atoms with Gasteiger partial charge in [0.25, 0.3) is 40.5 Å². The van der Waals surface area contributed by atoms with Gasteiger partial charge in [0, 0.05) is 22.1 Å². The molecule has 4 aromatic carbocycles. The van der Waals surface area contributed by atoms with Crippen molar-refractivity contribution in [3.63, 3.8) is 0 Å². The van der Waals surface area contributed by atoms with Gasteiger partial charge in [0.05, 0.1) is 24.0 Å². The van der Waals surface area contributed by atoms with E-state index in [1.165, 1.54) is 14.2 Å². The summed E-state index contributed by atoms with van der Waals surface area (Å²) < 4.78 is 146. The third kappa shape index (κ3) is 8.52. The second-order valence-electron chi connectivity index (χ2n) is 13.1. The van der Waals surface area contributed by atoms with Crippen LogP contribution in [0.4, 0.5) is 22.7 Å². The van der Waals surface area contributed by atoms with Gasteiger partial charge in [-0.05, 0) is 84.0 Å². The fourth-order valence-electron chi connectivity index (χ4n) is 6.59. The first-order chi connectivity index (χ1) is 27.8. The van der Waals surface area contributed by atoms with Crippen molar-refractivity contribution >= 4 is 84.8 Å². The summed E-state index contributed by atoms with van der Waals surface area (Å²) in [6.45, 7) is 0. The van der Waals surface area contributed by atoms with Crippen molar-refractivity contribution in [1.82, 2.24) is 0 Å². The number of phenolic OH excluding ortho intramolecular Hbond substituents is 2. The number of phenols is 2. The summed E-state index contributed by atoms with van der Waals surface area (Å²) in [5, 5.41) is 37.0. The quantitative estimate of drug-likeness (QED) is 0.0538. The number of benzene rings is 4. The first-order valence-electron chi connectivity index (χ1n) is 16.7. The fourth-order valence-corrected chi connectivity index (χ4v) is 9.01. The number of anilines is 2. The van der Waals surface area contributed by atoms with Gasteiger partial charge in [0.1, 0.15) is 44.1 Å². The number of allylic oxidation sites excluding steroid dienone is 4. The highest BCUT2D eigenvalue weighted by molar-refractivity contribution is 7.86. The Labute approximate surface area is 340 Å². The van der Waals surface area contributed by atoms with E-state index in [0.717, 1.165) is 36.4 Å². The number of aromatic hydroxyl groups is 2. The zero-order valence-corrected chi connectivity index (χ0v) is 34.0. The molecule has 10 N–H and O–H groups in total. The van der Waals surface area contributed by atoms with Crippen molar-refractivity contribution in [2.45, 2.75) is 32.4 Å². The molecule has 2 unspecified atom stereocenters. The molecule has 2 aliphatic rings. The van der Waals surface area contributed by atoms with Crippen LogP contribution in [-0.4, -0.2) is 76.3 Å². The van der Waals surface area contributed by atoms with Crippen LogP contribution in [0.1, 0.15) is 12.8 Å². The van der Waals surface area contributed by atoms with E-state index in [9.17, 15) is 62.1 Å². The molecule has 0 radical (unpaired) electrons. The van der Waals surface area contributed by atoms with Crippen molar-refractivity contribution in [2.24, 2.45) is 32.3 Å². The van der Waals surface area contributed by atoms with Gasteiger partial charge in [-0.15, -0.1) is 20.5 Å². The highest BCUT2D eigenvalue weighted by Gasteiger charge is 2.30.